The number of anilines is 1. The highest BCUT2D eigenvalue weighted by atomic mass is 127. The van der Waals surface area contributed by atoms with Crippen molar-refractivity contribution < 1.29 is 13.9 Å². The molecule has 0 aliphatic carbocycles. The Morgan fingerprint density at radius 3 is 3.00 bits per heavy atom. The first-order valence-electron chi connectivity index (χ1n) is 8.22. The van der Waals surface area contributed by atoms with E-state index in [4.69, 9.17) is 4.74 Å². The van der Waals surface area contributed by atoms with E-state index in [-0.39, 0.29) is 48.3 Å². The lowest BCUT2D eigenvalue weighted by Crippen LogP contribution is -2.47. The number of halogens is 2. The topological polar surface area (TPSA) is 90.9 Å². The average Bonchev–Trinajstić information content (AvgIpc) is 3.07. The normalized spacial score (nSPS) is 16.8. The van der Waals surface area contributed by atoms with Crippen LogP contribution in [0, 0.1) is 5.82 Å². The Morgan fingerprint density at radius 1 is 1.50 bits per heavy atom. The molecule has 2 heterocycles. The van der Waals surface area contributed by atoms with Gasteiger partial charge < -0.3 is 25.6 Å². The van der Waals surface area contributed by atoms with Gasteiger partial charge in [0.2, 0.25) is 5.91 Å². The Bertz CT molecular complexity index is 604. The van der Waals surface area contributed by atoms with Crippen molar-refractivity contribution in [3.05, 3.63) is 24.1 Å². The third kappa shape index (κ3) is 6.90. The molecule has 26 heavy (non-hydrogen) atoms. The molecule has 0 aromatic carbocycles. The van der Waals surface area contributed by atoms with Crippen molar-refractivity contribution in [1.82, 2.24) is 20.9 Å². The molecule has 0 spiro atoms. The largest absolute Gasteiger partial charge is 0.383 e. The fraction of sp³-hybridized carbons (Fsp3) is 0.562. The second kappa shape index (κ2) is 11.8. The van der Waals surface area contributed by atoms with Crippen molar-refractivity contribution >= 4 is 41.7 Å². The van der Waals surface area contributed by atoms with Gasteiger partial charge in [0, 0.05) is 46.0 Å². The number of guanidine groups is 1. The Balaban J connectivity index is 0.00000338. The van der Waals surface area contributed by atoms with E-state index in [1.165, 1.54) is 6.07 Å². The lowest BCUT2D eigenvalue weighted by molar-refractivity contribution is -0.120. The molecule has 1 fully saturated rings. The molecule has 146 valence electrons. The third-order valence-corrected chi connectivity index (χ3v) is 3.84. The highest BCUT2D eigenvalue weighted by Gasteiger charge is 2.25. The number of methoxy groups -OCH3 is 1. The Labute approximate surface area is 170 Å². The van der Waals surface area contributed by atoms with Crippen LogP contribution in [0.25, 0.3) is 0 Å². The minimum atomic E-state index is -0.321. The summed E-state index contributed by atoms with van der Waals surface area (Å²) in [5.41, 5.74) is 0. The summed E-state index contributed by atoms with van der Waals surface area (Å²) in [6, 6.07) is 3.09. The molecule has 2 rings (SSSR count). The van der Waals surface area contributed by atoms with E-state index in [1.54, 1.807) is 26.4 Å². The fourth-order valence-corrected chi connectivity index (χ4v) is 2.59. The summed E-state index contributed by atoms with van der Waals surface area (Å²) in [6.07, 6.45) is 2.42. The Hall–Kier alpha value is -1.69. The molecule has 1 aromatic rings. The van der Waals surface area contributed by atoms with Crippen LogP contribution in [-0.2, 0) is 9.53 Å². The molecule has 1 unspecified atom stereocenters. The maximum atomic E-state index is 13.8. The molecule has 1 aliphatic rings. The standard InChI is InChI=1S/C16H25FN6O2.HI/c1-18-16(21-10-14(24)19-7-9-25-2)22-12-5-8-23(11-12)15-13(17)4-3-6-20-15;/h3-4,6,12H,5,7-11H2,1-2H3,(H,19,24)(H2,18,21,22);1H. The van der Waals surface area contributed by atoms with Crippen LogP contribution in [0.15, 0.2) is 23.3 Å². The van der Waals surface area contributed by atoms with Gasteiger partial charge in [0.1, 0.15) is 0 Å². The van der Waals surface area contributed by atoms with Gasteiger partial charge >= 0.3 is 0 Å². The summed E-state index contributed by atoms with van der Waals surface area (Å²) in [5, 5.41) is 8.94. The number of nitrogens with zero attached hydrogens (tertiary/aromatic N) is 3. The van der Waals surface area contributed by atoms with Crippen LogP contribution >= 0.6 is 24.0 Å². The van der Waals surface area contributed by atoms with Crippen molar-refractivity contribution in [1.29, 1.82) is 0 Å². The smallest absolute Gasteiger partial charge is 0.239 e. The Morgan fingerprint density at radius 2 is 2.31 bits per heavy atom. The van der Waals surface area contributed by atoms with E-state index < -0.39 is 0 Å². The maximum absolute atomic E-state index is 13.8. The number of nitrogens with one attached hydrogen (secondary N) is 3. The number of ether oxygens (including phenoxy) is 1. The molecular formula is C16H26FIN6O2. The molecule has 0 bridgehead atoms. The van der Waals surface area contributed by atoms with E-state index in [1.807, 2.05) is 4.90 Å². The van der Waals surface area contributed by atoms with Gasteiger partial charge in [0.05, 0.1) is 13.2 Å². The number of rotatable bonds is 7. The number of carbonyl (C=O) groups excluding carboxylic acids is 1. The number of aliphatic imine (C=N–C) groups is 1. The first-order chi connectivity index (χ1) is 12.1. The van der Waals surface area contributed by atoms with Crippen molar-refractivity contribution in [2.24, 2.45) is 4.99 Å². The molecule has 0 saturated carbocycles. The first kappa shape index (κ1) is 22.4. The zero-order valence-electron chi connectivity index (χ0n) is 15.0. The summed E-state index contributed by atoms with van der Waals surface area (Å²) >= 11 is 0. The molecule has 1 aliphatic heterocycles. The van der Waals surface area contributed by atoms with Crippen LogP contribution in [0.3, 0.4) is 0 Å². The van der Waals surface area contributed by atoms with Gasteiger partial charge in [-0.2, -0.15) is 0 Å². The monoisotopic (exact) mass is 480 g/mol. The number of pyridine rings is 1. The van der Waals surface area contributed by atoms with E-state index >= 15 is 0 Å². The van der Waals surface area contributed by atoms with Crippen LogP contribution in [0.2, 0.25) is 0 Å². The minimum Gasteiger partial charge on any atom is -0.383 e. The molecular weight excluding hydrogens is 454 g/mol. The van der Waals surface area contributed by atoms with Crippen LogP contribution in [0.5, 0.6) is 0 Å². The van der Waals surface area contributed by atoms with Crippen molar-refractivity contribution in [2.45, 2.75) is 12.5 Å². The molecule has 10 heteroatoms. The van der Waals surface area contributed by atoms with Gasteiger partial charge in [-0.05, 0) is 18.6 Å². The molecule has 8 nitrogen and oxygen atoms in total. The van der Waals surface area contributed by atoms with Gasteiger partial charge in [-0.15, -0.1) is 24.0 Å². The van der Waals surface area contributed by atoms with E-state index in [0.717, 1.165) is 6.42 Å². The average molecular weight is 480 g/mol. The number of carbonyl (C=O) groups is 1. The zero-order valence-corrected chi connectivity index (χ0v) is 17.3. The molecule has 1 amide bonds. The van der Waals surface area contributed by atoms with E-state index in [0.29, 0.717) is 38.0 Å². The van der Waals surface area contributed by atoms with Crippen molar-refractivity contribution in [2.75, 3.05) is 51.8 Å². The minimum absolute atomic E-state index is 0. The SMILES string of the molecule is CN=C(NCC(=O)NCCOC)NC1CCN(c2ncccc2F)C1.I. The third-order valence-electron chi connectivity index (χ3n) is 3.84. The van der Waals surface area contributed by atoms with Gasteiger partial charge in [-0.25, -0.2) is 9.37 Å². The first-order valence-corrected chi connectivity index (χ1v) is 8.22. The summed E-state index contributed by atoms with van der Waals surface area (Å²) < 4.78 is 18.7. The molecule has 3 N–H and O–H groups in total. The van der Waals surface area contributed by atoms with Crippen molar-refractivity contribution in [3.8, 4) is 0 Å². The van der Waals surface area contributed by atoms with Gasteiger partial charge in [-0.1, -0.05) is 0 Å². The van der Waals surface area contributed by atoms with E-state index in [2.05, 4.69) is 25.9 Å². The number of hydrogen-bond donors (Lipinski definition) is 3. The Kier molecular flexibility index (Phi) is 10.2. The molecule has 0 radical (unpaired) electrons. The second-order valence-corrected chi connectivity index (χ2v) is 5.65. The lowest BCUT2D eigenvalue weighted by Gasteiger charge is -2.19. The van der Waals surface area contributed by atoms with Crippen LogP contribution < -0.4 is 20.9 Å². The van der Waals surface area contributed by atoms with Gasteiger partial charge in [0.15, 0.2) is 17.6 Å². The summed E-state index contributed by atoms with van der Waals surface area (Å²) in [6.45, 7) is 2.39. The van der Waals surface area contributed by atoms with Gasteiger partial charge in [0.25, 0.3) is 0 Å². The van der Waals surface area contributed by atoms with Gasteiger partial charge in [-0.3, -0.25) is 9.79 Å². The second-order valence-electron chi connectivity index (χ2n) is 5.65. The van der Waals surface area contributed by atoms with Crippen molar-refractivity contribution in [3.63, 3.8) is 0 Å². The fourth-order valence-electron chi connectivity index (χ4n) is 2.59. The lowest BCUT2D eigenvalue weighted by atomic mass is 10.3. The summed E-state index contributed by atoms with van der Waals surface area (Å²) in [4.78, 5) is 21.8. The number of aromatic nitrogens is 1. The molecule has 1 aromatic heterocycles. The highest BCUT2D eigenvalue weighted by molar-refractivity contribution is 14.0. The predicted molar refractivity (Wildman–Crippen MR) is 110 cm³/mol. The summed E-state index contributed by atoms with van der Waals surface area (Å²) in [5.74, 6) is 0.449. The zero-order chi connectivity index (χ0) is 18.1. The number of amides is 1. The highest BCUT2D eigenvalue weighted by Crippen LogP contribution is 2.20. The predicted octanol–water partition coefficient (Wildman–Crippen LogP) is 0.345. The molecule has 1 saturated heterocycles. The summed E-state index contributed by atoms with van der Waals surface area (Å²) in [7, 11) is 3.22. The number of hydrogen-bond acceptors (Lipinski definition) is 5. The molecule has 1 atom stereocenters. The van der Waals surface area contributed by atoms with Crippen LogP contribution in [0.1, 0.15) is 6.42 Å². The maximum Gasteiger partial charge on any atom is 0.239 e. The quantitative estimate of drug-likeness (QED) is 0.226. The van der Waals surface area contributed by atoms with Crippen LogP contribution in [0.4, 0.5) is 10.2 Å². The van der Waals surface area contributed by atoms with E-state index in [9.17, 15) is 9.18 Å². The van der Waals surface area contributed by atoms with Crippen LogP contribution in [-0.4, -0.2) is 69.8 Å².